The molecule has 0 radical (unpaired) electrons. The van der Waals surface area contributed by atoms with Crippen molar-refractivity contribution in [2.45, 2.75) is 39.8 Å². The number of anilines is 1. The molecule has 1 amide bonds. The molecule has 3 heterocycles. The van der Waals surface area contributed by atoms with Gasteiger partial charge < -0.3 is 4.74 Å². The van der Waals surface area contributed by atoms with Crippen molar-refractivity contribution in [3.63, 3.8) is 0 Å². The van der Waals surface area contributed by atoms with E-state index in [4.69, 9.17) is 16.3 Å². The molecule has 142 valence electrons. The molecule has 0 aliphatic rings. The molecule has 0 saturated carbocycles. The second kappa shape index (κ2) is 7.40. The first-order chi connectivity index (χ1) is 12.7. The van der Waals surface area contributed by atoms with E-state index in [1.54, 1.807) is 43.7 Å². The number of ether oxygens (including phenoxy) is 1. The van der Waals surface area contributed by atoms with Crippen LogP contribution in [0.25, 0.3) is 5.52 Å². The van der Waals surface area contributed by atoms with Gasteiger partial charge in [-0.25, -0.2) is 19.3 Å². The fourth-order valence-electron chi connectivity index (χ4n) is 2.46. The minimum Gasteiger partial charge on any atom is -0.443 e. The molecular formula is C17H18BrClN6O2. The van der Waals surface area contributed by atoms with E-state index in [0.29, 0.717) is 17.0 Å². The molecule has 0 fully saturated rings. The lowest BCUT2D eigenvalue weighted by Gasteiger charge is -2.27. The monoisotopic (exact) mass is 452 g/mol. The number of carbonyl (C=O) groups excluding carboxylic acids is 1. The van der Waals surface area contributed by atoms with Gasteiger partial charge in [-0.1, -0.05) is 0 Å². The van der Waals surface area contributed by atoms with Gasteiger partial charge in [0, 0.05) is 16.9 Å². The molecule has 3 aromatic heterocycles. The standard InChI is InChI=1S/C17H18BrClN6O2/c1-10-12(18)8-25-13(10)14(22-15(19)23-25)24(16(26)27-17(2,3)4)7-11-5-6-20-9-21-11/h5-6,8-9H,7H2,1-4H3. The Morgan fingerprint density at radius 2 is 2.15 bits per heavy atom. The summed E-state index contributed by atoms with van der Waals surface area (Å²) < 4.78 is 7.99. The topological polar surface area (TPSA) is 85.5 Å². The van der Waals surface area contributed by atoms with Crippen molar-refractivity contribution in [2.75, 3.05) is 4.90 Å². The van der Waals surface area contributed by atoms with Crippen molar-refractivity contribution in [1.82, 2.24) is 24.6 Å². The largest absolute Gasteiger partial charge is 0.443 e. The Bertz CT molecular complexity index is 986. The van der Waals surface area contributed by atoms with Crippen LogP contribution in [-0.2, 0) is 11.3 Å². The molecule has 0 aliphatic carbocycles. The zero-order chi connectivity index (χ0) is 19.8. The normalized spacial score (nSPS) is 11.6. The smallest absolute Gasteiger partial charge is 0.416 e. The molecule has 0 N–H and O–H groups in total. The van der Waals surface area contributed by atoms with E-state index in [2.05, 4.69) is 36.0 Å². The Hall–Kier alpha value is -2.26. The summed E-state index contributed by atoms with van der Waals surface area (Å²) >= 11 is 9.59. The average Bonchev–Trinajstić information content (AvgIpc) is 2.85. The Labute approximate surface area is 169 Å². The van der Waals surface area contributed by atoms with Gasteiger partial charge in [0.05, 0.1) is 12.2 Å². The van der Waals surface area contributed by atoms with Gasteiger partial charge in [-0.15, -0.1) is 5.10 Å². The molecule has 27 heavy (non-hydrogen) atoms. The summed E-state index contributed by atoms with van der Waals surface area (Å²) in [5.41, 5.74) is 1.47. The van der Waals surface area contributed by atoms with E-state index in [9.17, 15) is 4.79 Å². The number of halogens is 2. The van der Waals surface area contributed by atoms with Crippen LogP contribution in [-0.4, -0.2) is 36.3 Å². The highest BCUT2D eigenvalue weighted by Gasteiger charge is 2.28. The van der Waals surface area contributed by atoms with E-state index in [1.807, 2.05) is 6.92 Å². The SMILES string of the molecule is Cc1c(Br)cn2nc(Cl)nc(N(Cc3ccncn3)C(=O)OC(C)(C)C)c12. The van der Waals surface area contributed by atoms with Crippen LogP contribution in [0.1, 0.15) is 32.0 Å². The third kappa shape index (κ3) is 4.36. The van der Waals surface area contributed by atoms with Gasteiger partial charge in [-0.2, -0.15) is 4.98 Å². The second-order valence-electron chi connectivity index (χ2n) is 6.87. The van der Waals surface area contributed by atoms with Crippen LogP contribution in [0.3, 0.4) is 0 Å². The number of hydrogen-bond acceptors (Lipinski definition) is 6. The molecule has 3 aromatic rings. The van der Waals surface area contributed by atoms with Gasteiger partial charge in [-0.05, 0) is 66.9 Å². The van der Waals surface area contributed by atoms with Crippen molar-refractivity contribution in [1.29, 1.82) is 0 Å². The molecule has 0 saturated heterocycles. The average molecular weight is 454 g/mol. The van der Waals surface area contributed by atoms with Gasteiger partial charge in [0.1, 0.15) is 17.4 Å². The van der Waals surface area contributed by atoms with Crippen LogP contribution in [0.5, 0.6) is 0 Å². The predicted molar refractivity (Wildman–Crippen MR) is 105 cm³/mol. The zero-order valence-electron chi connectivity index (χ0n) is 15.3. The first-order valence-electron chi connectivity index (χ1n) is 8.12. The summed E-state index contributed by atoms with van der Waals surface area (Å²) in [6, 6.07) is 1.72. The lowest BCUT2D eigenvalue weighted by Crippen LogP contribution is -2.37. The summed E-state index contributed by atoms with van der Waals surface area (Å²) in [4.78, 5) is 26.8. The molecule has 0 aliphatic heterocycles. The molecule has 10 heteroatoms. The van der Waals surface area contributed by atoms with E-state index in [1.165, 1.54) is 11.2 Å². The Kier molecular flexibility index (Phi) is 5.34. The Morgan fingerprint density at radius 1 is 1.41 bits per heavy atom. The molecule has 0 aromatic carbocycles. The number of rotatable bonds is 3. The highest BCUT2D eigenvalue weighted by Crippen LogP contribution is 2.31. The van der Waals surface area contributed by atoms with Gasteiger partial charge in [-0.3, -0.25) is 4.90 Å². The maximum Gasteiger partial charge on any atom is 0.416 e. The molecule has 0 spiro atoms. The predicted octanol–water partition coefficient (Wildman–Crippen LogP) is 4.19. The van der Waals surface area contributed by atoms with Crippen LogP contribution < -0.4 is 4.90 Å². The zero-order valence-corrected chi connectivity index (χ0v) is 17.6. The number of carbonyl (C=O) groups is 1. The maximum absolute atomic E-state index is 13.0. The van der Waals surface area contributed by atoms with E-state index >= 15 is 0 Å². The lowest BCUT2D eigenvalue weighted by atomic mass is 10.2. The minimum atomic E-state index is -0.675. The number of aryl methyl sites for hydroxylation is 1. The summed E-state index contributed by atoms with van der Waals surface area (Å²) in [6.45, 7) is 7.45. The number of hydrogen-bond donors (Lipinski definition) is 0. The molecular weight excluding hydrogens is 436 g/mol. The third-order valence-electron chi connectivity index (χ3n) is 3.61. The van der Waals surface area contributed by atoms with Crippen molar-refractivity contribution >= 4 is 45.0 Å². The molecule has 8 nitrogen and oxygen atoms in total. The Balaban J connectivity index is 2.15. The summed E-state index contributed by atoms with van der Waals surface area (Å²) in [6.07, 6.45) is 4.23. The fourth-order valence-corrected chi connectivity index (χ4v) is 3.00. The van der Waals surface area contributed by atoms with E-state index in [0.717, 1.165) is 10.0 Å². The summed E-state index contributed by atoms with van der Waals surface area (Å²) in [5, 5.41) is 4.19. The molecule has 0 unspecified atom stereocenters. The highest BCUT2D eigenvalue weighted by atomic mass is 79.9. The minimum absolute atomic E-state index is 0.0104. The second-order valence-corrected chi connectivity index (χ2v) is 8.06. The van der Waals surface area contributed by atoms with Crippen molar-refractivity contribution in [3.05, 3.63) is 45.8 Å². The van der Waals surface area contributed by atoms with Gasteiger partial charge in [0.2, 0.25) is 5.28 Å². The molecule has 0 atom stereocenters. The first-order valence-corrected chi connectivity index (χ1v) is 9.29. The van der Waals surface area contributed by atoms with Crippen molar-refractivity contribution in [3.8, 4) is 0 Å². The van der Waals surface area contributed by atoms with Crippen LogP contribution in [0.15, 0.2) is 29.3 Å². The van der Waals surface area contributed by atoms with Crippen LogP contribution in [0.2, 0.25) is 5.28 Å². The number of fused-ring (bicyclic) bond motifs is 1. The third-order valence-corrected chi connectivity index (χ3v) is 4.57. The lowest BCUT2D eigenvalue weighted by molar-refractivity contribution is 0.0576. The first kappa shape index (κ1) is 19.5. The summed E-state index contributed by atoms with van der Waals surface area (Å²) in [7, 11) is 0. The van der Waals surface area contributed by atoms with Gasteiger partial charge >= 0.3 is 6.09 Å². The van der Waals surface area contributed by atoms with Gasteiger partial charge in [0.25, 0.3) is 0 Å². The van der Waals surface area contributed by atoms with Gasteiger partial charge in [0.15, 0.2) is 5.82 Å². The van der Waals surface area contributed by atoms with Crippen LogP contribution in [0, 0.1) is 6.92 Å². The quantitative estimate of drug-likeness (QED) is 0.591. The van der Waals surface area contributed by atoms with E-state index < -0.39 is 11.7 Å². The number of amides is 1. The fraction of sp³-hybridized carbons (Fsp3) is 0.353. The number of nitrogens with zero attached hydrogens (tertiary/aromatic N) is 6. The van der Waals surface area contributed by atoms with Crippen LogP contribution >= 0.6 is 27.5 Å². The number of aromatic nitrogens is 5. The van der Waals surface area contributed by atoms with Crippen molar-refractivity contribution in [2.24, 2.45) is 0 Å². The molecule has 0 bridgehead atoms. The maximum atomic E-state index is 13.0. The van der Waals surface area contributed by atoms with Crippen molar-refractivity contribution < 1.29 is 9.53 Å². The molecule has 3 rings (SSSR count). The van der Waals surface area contributed by atoms with Crippen LogP contribution in [0.4, 0.5) is 10.6 Å². The summed E-state index contributed by atoms with van der Waals surface area (Å²) in [5.74, 6) is 0.339. The van der Waals surface area contributed by atoms with E-state index in [-0.39, 0.29) is 11.8 Å². The highest BCUT2D eigenvalue weighted by molar-refractivity contribution is 9.10. The Morgan fingerprint density at radius 3 is 2.78 bits per heavy atom.